The number of ketones is 1. The smallest absolute Gasteiger partial charge is 0.349 e. The van der Waals surface area contributed by atoms with Crippen LogP contribution in [0.3, 0.4) is 0 Å². The molecule has 30 heavy (non-hydrogen) atoms. The number of carbonyl (C=O) groups excluding carboxylic acids is 2. The van der Waals surface area contributed by atoms with Gasteiger partial charge in [0.1, 0.15) is 0 Å². The maximum Gasteiger partial charge on any atom is 0.416 e. The summed E-state index contributed by atoms with van der Waals surface area (Å²) in [5.74, 6) is -1.64. The van der Waals surface area contributed by atoms with Crippen LogP contribution in [0.1, 0.15) is 32.9 Å². The van der Waals surface area contributed by atoms with E-state index in [9.17, 15) is 22.8 Å². The maximum absolute atomic E-state index is 13.1. The lowest BCUT2D eigenvalue weighted by Gasteiger charge is -2.12. The molecule has 0 unspecified atom stereocenters. The number of Topliss-reactive ketones (excluding diaryl/α,β-unsaturated/α-hetero) is 1. The van der Waals surface area contributed by atoms with Crippen LogP contribution in [0.4, 0.5) is 13.2 Å². The molecule has 3 rings (SSSR count). The zero-order chi connectivity index (χ0) is 21.9. The van der Waals surface area contributed by atoms with Gasteiger partial charge in [0.2, 0.25) is 0 Å². The standard InChI is InChI=1S/C22H20F3N3O2/c1-14-19(15(2)28(27-14)17-9-4-3-5-10-17)20(29)21(30)26-13-12-16-8-6-7-11-18(16)22(23,24)25/h3-11H,12-13H2,1-2H3,(H,26,30). The average molecular weight is 415 g/mol. The predicted octanol–water partition coefficient (Wildman–Crippen LogP) is 4.05. The number of nitrogens with one attached hydrogen (secondary N) is 1. The molecule has 0 bridgehead atoms. The van der Waals surface area contributed by atoms with E-state index in [1.165, 1.54) is 18.2 Å². The summed E-state index contributed by atoms with van der Waals surface area (Å²) in [6.07, 6.45) is -4.52. The Balaban J connectivity index is 1.71. The Labute approximate surface area is 171 Å². The van der Waals surface area contributed by atoms with E-state index >= 15 is 0 Å². The van der Waals surface area contributed by atoms with Crippen molar-refractivity contribution in [2.24, 2.45) is 0 Å². The highest BCUT2D eigenvalue weighted by Crippen LogP contribution is 2.31. The summed E-state index contributed by atoms with van der Waals surface area (Å²) in [7, 11) is 0. The van der Waals surface area contributed by atoms with Gasteiger partial charge in [-0.1, -0.05) is 36.4 Å². The van der Waals surface area contributed by atoms with E-state index in [1.807, 2.05) is 30.3 Å². The monoisotopic (exact) mass is 415 g/mol. The molecule has 0 aliphatic heterocycles. The third-order valence-corrected chi connectivity index (χ3v) is 4.73. The number of rotatable bonds is 6. The number of nitrogens with zero attached hydrogens (tertiary/aromatic N) is 2. The van der Waals surface area contributed by atoms with Crippen molar-refractivity contribution < 1.29 is 22.8 Å². The molecular formula is C22H20F3N3O2. The van der Waals surface area contributed by atoms with Gasteiger partial charge >= 0.3 is 6.18 Å². The topological polar surface area (TPSA) is 64.0 Å². The Bertz CT molecular complexity index is 1070. The molecule has 1 amide bonds. The van der Waals surface area contributed by atoms with Gasteiger partial charge < -0.3 is 5.32 Å². The zero-order valence-electron chi connectivity index (χ0n) is 16.5. The van der Waals surface area contributed by atoms with Gasteiger partial charge in [-0.3, -0.25) is 9.59 Å². The highest BCUT2D eigenvalue weighted by molar-refractivity contribution is 6.43. The molecule has 156 valence electrons. The summed E-state index contributed by atoms with van der Waals surface area (Å²) in [6, 6.07) is 14.3. The minimum Gasteiger partial charge on any atom is -0.349 e. The minimum absolute atomic E-state index is 0.0457. The summed E-state index contributed by atoms with van der Waals surface area (Å²) in [6.45, 7) is 3.22. The lowest BCUT2D eigenvalue weighted by molar-refractivity contribution is -0.138. The van der Waals surface area contributed by atoms with E-state index in [0.717, 1.165) is 11.8 Å². The van der Waals surface area contributed by atoms with E-state index in [0.29, 0.717) is 11.4 Å². The van der Waals surface area contributed by atoms with E-state index in [4.69, 9.17) is 0 Å². The molecular weight excluding hydrogens is 395 g/mol. The van der Waals surface area contributed by atoms with Crippen LogP contribution in [-0.2, 0) is 17.4 Å². The summed E-state index contributed by atoms with van der Waals surface area (Å²) in [5, 5.41) is 6.76. The van der Waals surface area contributed by atoms with Gasteiger partial charge in [0, 0.05) is 6.54 Å². The van der Waals surface area contributed by atoms with E-state index in [2.05, 4.69) is 10.4 Å². The number of halogens is 3. The summed E-state index contributed by atoms with van der Waals surface area (Å²) >= 11 is 0. The number of aromatic nitrogens is 2. The SMILES string of the molecule is Cc1nn(-c2ccccc2)c(C)c1C(=O)C(=O)NCCc1ccccc1C(F)(F)F. The van der Waals surface area contributed by atoms with Crippen molar-refractivity contribution in [3.63, 3.8) is 0 Å². The molecule has 3 aromatic rings. The largest absolute Gasteiger partial charge is 0.416 e. The number of para-hydroxylation sites is 1. The lowest BCUT2D eigenvalue weighted by atomic mass is 10.0. The van der Waals surface area contributed by atoms with Crippen molar-refractivity contribution in [1.82, 2.24) is 15.1 Å². The molecule has 1 aromatic heterocycles. The van der Waals surface area contributed by atoms with Crippen molar-refractivity contribution in [3.8, 4) is 5.69 Å². The molecule has 1 heterocycles. The van der Waals surface area contributed by atoms with Gasteiger partial charge in [0.05, 0.1) is 28.2 Å². The van der Waals surface area contributed by atoms with Gasteiger partial charge in [-0.25, -0.2) is 4.68 Å². The molecule has 0 aliphatic carbocycles. The molecule has 0 saturated carbocycles. The number of aryl methyl sites for hydroxylation is 1. The quantitative estimate of drug-likeness (QED) is 0.488. The maximum atomic E-state index is 13.1. The van der Waals surface area contributed by atoms with Crippen molar-refractivity contribution in [3.05, 3.63) is 82.7 Å². The van der Waals surface area contributed by atoms with Crippen LogP contribution in [0.15, 0.2) is 54.6 Å². The molecule has 8 heteroatoms. The van der Waals surface area contributed by atoms with Crippen LogP contribution in [0.5, 0.6) is 0 Å². The van der Waals surface area contributed by atoms with Crippen LogP contribution < -0.4 is 5.32 Å². The van der Waals surface area contributed by atoms with E-state index in [1.54, 1.807) is 18.5 Å². The van der Waals surface area contributed by atoms with Crippen molar-refractivity contribution in [1.29, 1.82) is 0 Å². The molecule has 0 radical (unpaired) electrons. The number of carbonyl (C=O) groups is 2. The Morgan fingerprint density at radius 3 is 2.30 bits per heavy atom. The fourth-order valence-corrected chi connectivity index (χ4v) is 3.31. The Hall–Kier alpha value is -3.42. The molecule has 0 atom stereocenters. The Morgan fingerprint density at radius 1 is 1.00 bits per heavy atom. The first kappa shape index (κ1) is 21.3. The molecule has 0 aliphatic rings. The van der Waals surface area contributed by atoms with Gasteiger partial charge in [-0.2, -0.15) is 18.3 Å². The molecule has 0 spiro atoms. The second kappa shape index (κ2) is 8.52. The number of benzene rings is 2. The van der Waals surface area contributed by atoms with Gasteiger partial charge in [0.25, 0.3) is 11.7 Å². The third kappa shape index (κ3) is 4.42. The van der Waals surface area contributed by atoms with Crippen molar-refractivity contribution >= 4 is 11.7 Å². The zero-order valence-corrected chi connectivity index (χ0v) is 16.5. The second-order valence-corrected chi connectivity index (χ2v) is 6.78. The summed E-state index contributed by atoms with van der Waals surface area (Å²) < 4.78 is 40.8. The van der Waals surface area contributed by atoms with Crippen LogP contribution >= 0.6 is 0 Å². The average Bonchev–Trinajstić information content (AvgIpc) is 3.01. The van der Waals surface area contributed by atoms with Crippen molar-refractivity contribution in [2.45, 2.75) is 26.4 Å². The molecule has 1 N–H and O–H groups in total. The first-order chi connectivity index (χ1) is 14.2. The minimum atomic E-state index is -4.48. The molecule has 5 nitrogen and oxygen atoms in total. The first-order valence-electron chi connectivity index (χ1n) is 9.29. The Kier molecular flexibility index (Phi) is 6.05. The van der Waals surface area contributed by atoms with Crippen LogP contribution in [-0.4, -0.2) is 28.0 Å². The van der Waals surface area contributed by atoms with Gasteiger partial charge in [0.15, 0.2) is 0 Å². The number of alkyl halides is 3. The first-order valence-corrected chi connectivity index (χ1v) is 9.29. The molecule has 0 fully saturated rings. The fraction of sp³-hybridized carbons (Fsp3) is 0.227. The summed E-state index contributed by atoms with van der Waals surface area (Å²) in [5.41, 5.74) is 1.16. The third-order valence-electron chi connectivity index (χ3n) is 4.73. The Morgan fingerprint density at radius 2 is 1.63 bits per heavy atom. The fourth-order valence-electron chi connectivity index (χ4n) is 3.31. The van der Waals surface area contributed by atoms with Crippen LogP contribution in [0, 0.1) is 13.8 Å². The van der Waals surface area contributed by atoms with Crippen LogP contribution in [0.2, 0.25) is 0 Å². The van der Waals surface area contributed by atoms with Gasteiger partial charge in [-0.15, -0.1) is 0 Å². The highest BCUT2D eigenvalue weighted by Gasteiger charge is 2.32. The number of hydrogen-bond acceptors (Lipinski definition) is 3. The van der Waals surface area contributed by atoms with E-state index < -0.39 is 23.4 Å². The molecule has 0 saturated heterocycles. The highest BCUT2D eigenvalue weighted by atomic mass is 19.4. The molecule has 2 aromatic carbocycles. The number of amides is 1. The van der Waals surface area contributed by atoms with E-state index in [-0.39, 0.29) is 24.1 Å². The normalized spacial score (nSPS) is 11.4. The lowest BCUT2D eigenvalue weighted by Crippen LogP contribution is -2.33. The van der Waals surface area contributed by atoms with Crippen LogP contribution in [0.25, 0.3) is 5.69 Å². The number of hydrogen-bond donors (Lipinski definition) is 1. The van der Waals surface area contributed by atoms with Gasteiger partial charge in [-0.05, 0) is 44.0 Å². The predicted molar refractivity (Wildman–Crippen MR) is 106 cm³/mol. The van der Waals surface area contributed by atoms with Crippen molar-refractivity contribution in [2.75, 3.05) is 6.54 Å². The summed E-state index contributed by atoms with van der Waals surface area (Å²) in [4.78, 5) is 25.0. The second-order valence-electron chi connectivity index (χ2n) is 6.78.